The van der Waals surface area contributed by atoms with Gasteiger partial charge in [-0.1, -0.05) is 0 Å². The second-order valence-corrected chi connectivity index (χ2v) is 2.54. The van der Waals surface area contributed by atoms with Gasteiger partial charge >= 0.3 is 0 Å². The van der Waals surface area contributed by atoms with E-state index >= 15 is 0 Å². The van der Waals surface area contributed by atoms with E-state index in [0.717, 1.165) is 0 Å². The highest BCUT2D eigenvalue weighted by Crippen LogP contribution is 2.21. The number of hydrogen-bond donors (Lipinski definition) is 1. The maximum absolute atomic E-state index is 5.55. The van der Waals surface area contributed by atoms with Gasteiger partial charge in [0.05, 0.1) is 6.20 Å². The summed E-state index contributed by atoms with van der Waals surface area (Å²) in [5, 5.41) is 0. The topological polar surface area (TPSA) is 73.9 Å². The molecular weight excluding hydrogens is 180 g/mol. The number of nitrogens with zero attached hydrogens (tertiary/aromatic N) is 3. The average molecular weight is 188 g/mol. The zero-order chi connectivity index (χ0) is 9.80. The summed E-state index contributed by atoms with van der Waals surface area (Å²) in [7, 11) is 0. The number of aromatic nitrogens is 3. The fraction of sp³-hybridized carbons (Fsp3) is 0. The zero-order valence-electron chi connectivity index (χ0n) is 7.29. The molecule has 14 heavy (non-hydrogen) atoms. The number of hydrogen-bond acceptors (Lipinski definition) is 5. The normalized spacial score (nSPS) is 9.71. The Morgan fingerprint density at radius 3 is 2.71 bits per heavy atom. The standard InChI is InChI=1S/C9H8N4O/c10-8-9(13-5-4-12-8)14-7-2-1-3-11-6-7/h1-6H,(H2,10,12). The van der Waals surface area contributed by atoms with Crippen LogP contribution in [0.1, 0.15) is 0 Å². The van der Waals surface area contributed by atoms with Crippen molar-refractivity contribution < 1.29 is 4.74 Å². The fourth-order valence-corrected chi connectivity index (χ4v) is 0.934. The molecule has 0 aliphatic rings. The third kappa shape index (κ3) is 1.77. The molecule has 0 unspecified atom stereocenters. The van der Waals surface area contributed by atoms with Crippen LogP contribution in [-0.4, -0.2) is 15.0 Å². The summed E-state index contributed by atoms with van der Waals surface area (Å²) in [6, 6.07) is 3.53. The molecule has 70 valence electrons. The molecule has 0 saturated carbocycles. The lowest BCUT2D eigenvalue weighted by atomic mass is 10.5. The van der Waals surface area contributed by atoms with Crippen molar-refractivity contribution in [2.45, 2.75) is 0 Å². The smallest absolute Gasteiger partial charge is 0.262 e. The van der Waals surface area contributed by atoms with Crippen LogP contribution in [0.3, 0.4) is 0 Å². The minimum atomic E-state index is 0.261. The number of pyridine rings is 1. The Morgan fingerprint density at radius 2 is 2.00 bits per heavy atom. The first kappa shape index (κ1) is 8.43. The third-order valence-corrected chi connectivity index (χ3v) is 1.54. The van der Waals surface area contributed by atoms with E-state index in [-0.39, 0.29) is 5.82 Å². The number of anilines is 1. The van der Waals surface area contributed by atoms with Crippen molar-refractivity contribution >= 4 is 5.82 Å². The van der Waals surface area contributed by atoms with Crippen molar-refractivity contribution in [3.8, 4) is 11.6 Å². The van der Waals surface area contributed by atoms with Gasteiger partial charge in [-0.05, 0) is 12.1 Å². The number of nitrogens with two attached hydrogens (primary N) is 1. The van der Waals surface area contributed by atoms with E-state index in [2.05, 4.69) is 15.0 Å². The Morgan fingerprint density at radius 1 is 1.14 bits per heavy atom. The number of nitrogen functional groups attached to an aromatic ring is 1. The van der Waals surface area contributed by atoms with E-state index < -0.39 is 0 Å². The van der Waals surface area contributed by atoms with Crippen LogP contribution in [0.25, 0.3) is 0 Å². The van der Waals surface area contributed by atoms with Crippen LogP contribution in [-0.2, 0) is 0 Å². The van der Waals surface area contributed by atoms with Crippen LogP contribution < -0.4 is 10.5 Å². The Labute approximate surface area is 80.6 Å². The van der Waals surface area contributed by atoms with Gasteiger partial charge in [-0.2, -0.15) is 0 Å². The molecule has 2 aromatic heterocycles. The summed E-state index contributed by atoms with van der Waals surface area (Å²) in [5.74, 6) is 1.14. The van der Waals surface area contributed by atoms with Crippen molar-refractivity contribution in [1.29, 1.82) is 0 Å². The molecule has 5 nitrogen and oxygen atoms in total. The summed E-state index contributed by atoms with van der Waals surface area (Å²) in [5.41, 5.74) is 5.55. The highest BCUT2D eigenvalue weighted by molar-refractivity contribution is 5.41. The van der Waals surface area contributed by atoms with Crippen LogP contribution in [0.2, 0.25) is 0 Å². The summed E-state index contributed by atoms with van der Waals surface area (Å²) >= 11 is 0. The average Bonchev–Trinajstić information content (AvgIpc) is 2.23. The first-order chi connectivity index (χ1) is 6.86. The van der Waals surface area contributed by atoms with Crippen molar-refractivity contribution in [2.24, 2.45) is 0 Å². The van der Waals surface area contributed by atoms with E-state index in [0.29, 0.717) is 11.6 Å². The quantitative estimate of drug-likeness (QED) is 0.767. The van der Waals surface area contributed by atoms with Crippen LogP contribution >= 0.6 is 0 Å². The first-order valence-corrected chi connectivity index (χ1v) is 4.00. The minimum absolute atomic E-state index is 0.261. The maximum Gasteiger partial charge on any atom is 0.262 e. The fourth-order valence-electron chi connectivity index (χ4n) is 0.934. The highest BCUT2D eigenvalue weighted by Gasteiger charge is 2.02. The molecule has 2 heterocycles. The van der Waals surface area contributed by atoms with Crippen molar-refractivity contribution in [2.75, 3.05) is 5.73 Å². The molecule has 0 aromatic carbocycles. The Balaban J connectivity index is 2.24. The maximum atomic E-state index is 5.55. The van der Waals surface area contributed by atoms with Crippen molar-refractivity contribution in [3.63, 3.8) is 0 Å². The van der Waals surface area contributed by atoms with Gasteiger partial charge in [-0.3, -0.25) is 4.98 Å². The lowest BCUT2D eigenvalue weighted by Crippen LogP contribution is -1.96. The first-order valence-electron chi connectivity index (χ1n) is 4.00. The van der Waals surface area contributed by atoms with E-state index in [4.69, 9.17) is 10.5 Å². The van der Waals surface area contributed by atoms with E-state index in [1.54, 1.807) is 24.5 Å². The highest BCUT2D eigenvalue weighted by atomic mass is 16.5. The second-order valence-electron chi connectivity index (χ2n) is 2.54. The second kappa shape index (κ2) is 3.69. The minimum Gasteiger partial charge on any atom is -0.434 e. The Kier molecular flexibility index (Phi) is 2.22. The van der Waals surface area contributed by atoms with Gasteiger partial charge in [0.25, 0.3) is 5.88 Å². The van der Waals surface area contributed by atoms with E-state index in [1.807, 2.05) is 0 Å². The molecule has 0 fully saturated rings. The summed E-state index contributed by atoms with van der Waals surface area (Å²) < 4.78 is 5.35. The molecule has 5 heteroatoms. The summed E-state index contributed by atoms with van der Waals surface area (Å²) in [4.78, 5) is 11.7. The van der Waals surface area contributed by atoms with E-state index in [1.165, 1.54) is 12.4 Å². The van der Waals surface area contributed by atoms with Gasteiger partial charge in [0.1, 0.15) is 5.75 Å². The van der Waals surface area contributed by atoms with Crippen LogP contribution in [0.4, 0.5) is 5.82 Å². The van der Waals surface area contributed by atoms with Gasteiger partial charge in [0.2, 0.25) is 0 Å². The predicted molar refractivity (Wildman–Crippen MR) is 50.8 cm³/mol. The van der Waals surface area contributed by atoms with E-state index in [9.17, 15) is 0 Å². The Bertz CT molecular complexity index is 418. The molecule has 0 amide bonds. The molecular formula is C9H8N4O. The van der Waals surface area contributed by atoms with Gasteiger partial charge < -0.3 is 10.5 Å². The van der Waals surface area contributed by atoms with Crippen LogP contribution in [0, 0.1) is 0 Å². The molecule has 2 rings (SSSR count). The largest absolute Gasteiger partial charge is 0.434 e. The molecule has 0 radical (unpaired) electrons. The molecule has 0 spiro atoms. The zero-order valence-corrected chi connectivity index (χ0v) is 7.29. The molecule has 0 saturated heterocycles. The SMILES string of the molecule is Nc1nccnc1Oc1cccnc1. The lowest BCUT2D eigenvalue weighted by Gasteiger charge is -2.04. The summed E-state index contributed by atoms with van der Waals surface area (Å²) in [6.07, 6.45) is 6.26. The monoisotopic (exact) mass is 188 g/mol. The Hall–Kier alpha value is -2.17. The molecule has 2 N–H and O–H groups in total. The number of ether oxygens (including phenoxy) is 1. The van der Waals surface area contributed by atoms with Gasteiger partial charge in [-0.15, -0.1) is 0 Å². The molecule has 2 aromatic rings. The van der Waals surface area contributed by atoms with Crippen LogP contribution in [0.5, 0.6) is 11.6 Å². The third-order valence-electron chi connectivity index (χ3n) is 1.54. The molecule has 0 aliphatic carbocycles. The molecule has 0 bridgehead atoms. The molecule has 0 atom stereocenters. The van der Waals surface area contributed by atoms with Gasteiger partial charge in [0, 0.05) is 18.6 Å². The summed E-state index contributed by atoms with van der Waals surface area (Å²) in [6.45, 7) is 0. The number of rotatable bonds is 2. The molecule has 0 aliphatic heterocycles. The lowest BCUT2D eigenvalue weighted by molar-refractivity contribution is 0.461. The van der Waals surface area contributed by atoms with Crippen molar-refractivity contribution in [3.05, 3.63) is 36.9 Å². The van der Waals surface area contributed by atoms with Gasteiger partial charge in [-0.25, -0.2) is 9.97 Å². The van der Waals surface area contributed by atoms with Crippen LogP contribution in [0.15, 0.2) is 36.9 Å². The van der Waals surface area contributed by atoms with Gasteiger partial charge in [0.15, 0.2) is 5.82 Å². The van der Waals surface area contributed by atoms with Crippen molar-refractivity contribution in [1.82, 2.24) is 15.0 Å². The predicted octanol–water partition coefficient (Wildman–Crippen LogP) is 1.25.